The SMILES string of the molecule is CN(CC1CCCCO1)CC1(CN)CCCCCC1. The molecule has 3 nitrogen and oxygen atoms in total. The van der Waals surface area contributed by atoms with Crippen LogP contribution in [0.15, 0.2) is 0 Å². The molecule has 0 bridgehead atoms. The largest absolute Gasteiger partial charge is 0.377 e. The second-order valence-corrected chi connectivity index (χ2v) is 6.80. The minimum atomic E-state index is 0.375. The zero-order chi connectivity index (χ0) is 13.6. The molecule has 1 atom stereocenters. The van der Waals surface area contributed by atoms with Gasteiger partial charge in [0.2, 0.25) is 0 Å². The lowest BCUT2D eigenvalue weighted by atomic mass is 9.80. The first-order chi connectivity index (χ1) is 9.24. The van der Waals surface area contributed by atoms with Crippen molar-refractivity contribution >= 4 is 0 Å². The zero-order valence-electron chi connectivity index (χ0n) is 12.7. The van der Waals surface area contributed by atoms with Gasteiger partial charge in [-0.2, -0.15) is 0 Å². The van der Waals surface area contributed by atoms with Gasteiger partial charge in [0.1, 0.15) is 0 Å². The highest BCUT2D eigenvalue weighted by atomic mass is 16.5. The van der Waals surface area contributed by atoms with E-state index in [1.807, 2.05) is 0 Å². The monoisotopic (exact) mass is 268 g/mol. The molecule has 0 radical (unpaired) electrons. The van der Waals surface area contributed by atoms with Crippen LogP contribution in [-0.4, -0.2) is 44.3 Å². The molecular weight excluding hydrogens is 236 g/mol. The van der Waals surface area contributed by atoms with Crippen LogP contribution in [0.5, 0.6) is 0 Å². The standard InChI is InChI=1S/C16H32N2O/c1-18(12-15-8-4-7-11-19-15)14-16(13-17)9-5-2-3-6-10-16/h15H,2-14,17H2,1H3. The number of nitrogens with two attached hydrogens (primary N) is 1. The van der Waals surface area contributed by atoms with Gasteiger partial charge in [-0.3, -0.25) is 0 Å². The Morgan fingerprint density at radius 2 is 1.84 bits per heavy atom. The number of rotatable bonds is 5. The smallest absolute Gasteiger partial charge is 0.0701 e. The molecule has 0 aromatic rings. The third-order valence-electron chi connectivity index (χ3n) is 4.99. The van der Waals surface area contributed by atoms with Gasteiger partial charge in [0.05, 0.1) is 6.10 Å². The van der Waals surface area contributed by atoms with E-state index in [9.17, 15) is 0 Å². The fraction of sp³-hybridized carbons (Fsp3) is 1.00. The van der Waals surface area contributed by atoms with Crippen LogP contribution in [0.1, 0.15) is 57.8 Å². The Labute approximate surface area is 118 Å². The second-order valence-electron chi connectivity index (χ2n) is 6.80. The van der Waals surface area contributed by atoms with Crippen molar-refractivity contribution in [2.45, 2.75) is 63.9 Å². The van der Waals surface area contributed by atoms with Crippen molar-refractivity contribution in [1.82, 2.24) is 4.90 Å². The average Bonchev–Trinajstić information content (AvgIpc) is 2.66. The normalized spacial score (nSPS) is 28.3. The highest BCUT2D eigenvalue weighted by Crippen LogP contribution is 2.34. The quantitative estimate of drug-likeness (QED) is 0.779. The van der Waals surface area contributed by atoms with Gasteiger partial charge in [0.25, 0.3) is 0 Å². The fourth-order valence-electron chi connectivity index (χ4n) is 3.84. The molecule has 0 aromatic heterocycles. The van der Waals surface area contributed by atoms with Gasteiger partial charge in [-0.15, -0.1) is 0 Å². The van der Waals surface area contributed by atoms with Crippen molar-refractivity contribution in [3.05, 3.63) is 0 Å². The molecule has 0 amide bonds. The van der Waals surface area contributed by atoms with E-state index >= 15 is 0 Å². The molecule has 2 aliphatic rings. The average molecular weight is 268 g/mol. The Bertz CT molecular complexity index is 243. The molecular formula is C16H32N2O. The van der Waals surface area contributed by atoms with Crippen molar-refractivity contribution in [2.75, 3.05) is 33.3 Å². The Morgan fingerprint density at radius 1 is 1.11 bits per heavy atom. The summed E-state index contributed by atoms with van der Waals surface area (Å²) in [6.45, 7) is 4.05. The molecule has 1 saturated carbocycles. The van der Waals surface area contributed by atoms with Gasteiger partial charge >= 0.3 is 0 Å². The maximum atomic E-state index is 6.13. The Hall–Kier alpha value is -0.120. The maximum Gasteiger partial charge on any atom is 0.0701 e. The van der Waals surface area contributed by atoms with Gasteiger partial charge in [-0.1, -0.05) is 25.7 Å². The highest BCUT2D eigenvalue weighted by Gasteiger charge is 2.31. The van der Waals surface area contributed by atoms with E-state index < -0.39 is 0 Å². The lowest BCUT2D eigenvalue weighted by Gasteiger charge is -2.37. The summed E-state index contributed by atoms with van der Waals surface area (Å²) < 4.78 is 5.86. The van der Waals surface area contributed by atoms with Crippen LogP contribution in [0, 0.1) is 5.41 Å². The minimum Gasteiger partial charge on any atom is -0.377 e. The first-order valence-corrected chi connectivity index (χ1v) is 8.24. The molecule has 2 rings (SSSR count). The molecule has 1 unspecified atom stereocenters. The number of nitrogens with zero attached hydrogens (tertiary/aromatic N) is 1. The summed E-state index contributed by atoms with van der Waals surface area (Å²) in [5.74, 6) is 0. The van der Waals surface area contributed by atoms with Gasteiger partial charge in [0, 0.05) is 19.7 Å². The highest BCUT2D eigenvalue weighted by molar-refractivity contribution is 4.86. The Kier molecular flexibility index (Phi) is 6.11. The molecule has 0 aromatic carbocycles. The van der Waals surface area contributed by atoms with E-state index in [0.717, 1.165) is 26.2 Å². The molecule has 1 aliphatic heterocycles. The van der Waals surface area contributed by atoms with Crippen LogP contribution in [-0.2, 0) is 4.74 Å². The number of hydrogen-bond donors (Lipinski definition) is 1. The van der Waals surface area contributed by atoms with Crippen LogP contribution in [0.4, 0.5) is 0 Å². The van der Waals surface area contributed by atoms with Crippen LogP contribution in [0.3, 0.4) is 0 Å². The molecule has 19 heavy (non-hydrogen) atoms. The van der Waals surface area contributed by atoms with Gasteiger partial charge in [-0.05, 0) is 51.1 Å². The summed E-state index contributed by atoms with van der Waals surface area (Å²) in [5, 5.41) is 0. The summed E-state index contributed by atoms with van der Waals surface area (Å²) in [5.41, 5.74) is 6.51. The van der Waals surface area contributed by atoms with E-state index in [4.69, 9.17) is 10.5 Å². The molecule has 1 heterocycles. The van der Waals surface area contributed by atoms with Gasteiger partial charge < -0.3 is 15.4 Å². The first-order valence-electron chi connectivity index (χ1n) is 8.24. The third kappa shape index (κ3) is 4.73. The Balaban J connectivity index is 1.82. The predicted molar refractivity (Wildman–Crippen MR) is 80.3 cm³/mol. The van der Waals surface area contributed by atoms with Crippen molar-refractivity contribution in [2.24, 2.45) is 11.1 Å². The van der Waals surface area contributed by atoms with Crippen LogP contribution in [0.2, 0.25) is 0 Å². The molecule has 0 spiro atoms. The number of ether oxygens (including phenoxy) is 1. The van der Waals surface area contributed by atoms with Crippen LogP contribution in [0.25, 0.3) is 0 Å². The predicted octanol–water partition coefficient (Wildman–Crippen LogP) is 2.79. The first kappa shape index (κ1) is 15.3. The van der Waals surface area contributed by atoms with E-state index in [0.29, 0.717) is 11.5 Å². The zero-order valence-corrected chi connectivity index (χ0v) is 12.7. The minimum absolute atomic E-state index is 0.375. The Morgan fingerprint density at radius 3 is 2.42 bits per heavy atom. The van der Waals surface area contributed by atoms with Crippen molar-refractivity contribution in [1.29, 1.82) is 0 Å². The second kappa shape index (κ2) is 7.61. The third-order valence-corrected chi connectivity index (χ3v) is 4.99. The molecule has 1 aliphatic carbocycles. The van der Waals surface area contributed by atoms with Crippen molar-refractivity contribution < 1.29 is 4.74 Å². The molecule has 3 heteroatoms. The van der Waals surface area contributed by atoms with E-state index in [1.165, 1.54) is 57.8 Å². The lowest BCUT2D eigenvalue weighted by molar-refractivity contribution is -0.00843. The summed E-state index contributed by atoms with van der Waals surface area (Å²) in [6, 6.07) is 0. The summed E-state index contributed by atoms with van der Waals surface area (Å²) in [7, 11) is 2.25. The maximum absolute atomic E-state index is 6.13. The van der Waals surface area contributed by atoms with E-state index in [1.54, 1.807) is 0 Å². The lowest BCUT2D eigenvalue weighted by Crippen LogP contribution is -2.44. The molecule has 2 fully saturated rings. The topological polar surface area (TPSA) is 38.5 Å². The summed E-state index contributed by atoms with van der Waals surface area (Å²) in [6.07, 6.45) is 12.4. The number of hydrogen-bond acceptors (Lipinski definition) is 3. The summed E-state index contributed by atoms with van der Waals surface area (Å²) in [4.78, 5) is 2.48. The summed E-state index contributed by atoms with van der Waals surface area (Å²) >= 11 is 0. The van der Waals surface area contributed by atoms with Crippen molar-refractivity contribution in [3.63, 3.8) is 0 Å². The molecule has 1 saturated heterocycles. The van der Waals surface area contributed by atoms with Crippen LogP contribution < -0.4 is 5.73 Å². The van der Waals surface area contributed by atoms with Crippen LogP contribution >= 0.6 is 0 Å². The van der Waals surface area contributed by atoms with E-state index in [2.05, 4.69) is 11.9 Å². The van der Waals surface area contributed by atoms with Crippen molar-refractivity contribution in [3.8, 4) is 0 Å². The molecule has 2 N–H and O–H groups in total. The van der Waals surface area contributed by atoms with E-state index in [-0.39, 0.29) is 0 Å². The van der Waals surface area contributed by atoms with Gasteiger partial charge in [-0.25, -0.2) is 0 Å². The van der Waals surface area contributed by atoms with Gasteiger partial charge in [0.15, 0.2) is 0 Å². The molecule has 112 valence electrons. The number of likely N-dealkylation sites (N-methyl/N-ethyl adjacent to an activating group) is 1. The fourth-order valence-corrected chi connectivity index (χ4v) is 3.84.